The van der Waals surface area contributed by atoms with Gasteiger partial charge in [-0.1, -0.05) is 24.3 Å². The second kappa shape index (κ2) is 8.07. The molecule has 2 aromatic carbocycles. The van der Waals surface area contributed by atoms with Crippen molar-refractivity contribution in [3.63, 3.8) is 0 Å². The number of nitrogens with zero attached hydrogens (tertiary/aromatic N) is 6. The number of aliphatic imine (C=N–C) groups is 1. The van der Waals surface area contributed by atoms with Gasteiger partial charge in [-0.05, 0) is 36.2 Å². The van der Waals surface area contributed by atoms with Gasteiger partial charge in [0, 0.05) is 18.9 Å². The van der Waals surface area contributed by atoms with E-state index in [4.69, 9.17) is 9.57 Å². The van der Waals surface area contributed by atoms with Gasteiger partial charge in [-0.3, -0.25) is 4.57 Å². The van der Waals surface area contributed by atoms with Crippen molar-refractivity contribution in [2.75, 3.05) is 7.11 Å². The fourth-order valence-electron chi connectivity index (χ4n) is 4.35. The lowest BCUT2D eigenvalue weighted by Crippen LogP contribution is -2.21. The molecular weight excluding hydrogens is 437 g/mol. The first-order valence-corrected chi connectivity index (χ1v) is 11.1. The molecule has 2 aromatic heterocycles. The number of nitrogens with one attached hydrogen (secondary N) is 1. The topological polar surface area (TPSA) is 91.4 Å². The third-order valence-corrected chi connectivity index (χ3v) is 6.14. The largest absolute Gasteiger partial charge is 0.497 e. The van der Waals surface area contributed by atoms with Crippen LogP contribution in [0.1, 0.15) is 41.7 Å². The average Bonchev–Trinajstić information content (AvgIpc) is 3.58. The number of hydroxylamine groups is 1. The molecule has 34 heavy (non-hydrogen) atoms. The summed E-state index contributed by atoms with van der Waals surface area (Å²) in [6.45, 7) is 2.02. The van der Waals surface area contributed by atoms with Gasteiger partial charge in [0.2, 0.25) is 0 Å². The minimum Gasteiger partial charge on any atom is -0.497 e. The van der Waals surface area contributed by atoms with Gasteiger partial charge in [0.1, 0.15) is 23.6 Å². The summed E-state index contributed by atoms with van der Waals surface area (Å²) in [6, 6.07) is 12.3. The number of methoxy groups -OCH3 is 1. The molecule has 0 spiro atoms. The standard InChI is InChI=1S/C24H22FN7O2/c1-3-22-27-24(29-34-22)23-21-12-19-17(10-14-4-6-15(25)7-5-14)28-30-32(19)20-11-16(33-2)8-9-18(20)31(21)13-26-23/h4-9,11,13,22H,3,10,12H2,1-2H3,(H,27,29). The van der Waals surface area contributed by atoms with Crippen molar-refractivity contribution in [2.45, 2.75) is 32.4 Å². The van der Waals surface area contributed by atoms with Gasteiger partial charge in [0.15, 0.2) is 12.1 Å². The van der Waals surface area contributed by atoms with Crippen molar-refractivity contribution in [1.29, 1.82) is 0 Å². The van der Waals surface area contributed by atoms with Gasteiger partial charge in [-0.2, -0.15) is 0 Å². The molecular formula is C24H22FN7O2. The summed E-state index contributed by atoms with van der Waals surface area (Å²) in [7, 11) is 1.63. The summed E-state index contributed by atoms with van der Waals surface area (Å²) in [6.07, 6.45) is 3.36. The third-order valence-electron chi connectivity index (χ3n) is 6.14. The van der Waals surface area contributed by atoms with Crippen LogP contribution in [0.5, 0.6) is 5.75 Å². The van der Waals surface area contributed by atoms with E-state index in [0.29, 0.717) is 24.4 Å². The van der Waals surface area contributed by atoms with Crippen LogP contribution in [0.4, 0.5) is 4.39 Å². The Morgan fingerprint density at radius 1 is 1.15 bits per heavy atom. The van der Waals surface area contributed by atoms with Crippen LogP contribution in [0, 0.1) is 5.82 Å². The number of halogens is 1. The summed E-state index contributed by atoms with van der Waals surface area (Å²) in [4.78, 5) is 14.9. The number of rotatable bonds is 5. The molecule has 0 aliphatic carbocycles. The molecule has 9 nitrogen and oxygen atoms in total. The first-order valence-electron chi connectivity index (χ1n) is 11.1. The zero-order valence-corrected chi connectivity index (χ0v) is 18.7. The van der Waals surface area contributed by atoms with Crippen LogP contribution < -0.4 is 10.2 Å². The van der Waals surface area contributed by atoms with Crippen LogP contribution in [0.15, 0.2) is 53.8 Å². The Morgan fingerprint density at radius 3 is 2.76 bits per heavy atom. The minimum atomic E-state index is -0.266. The number of benzene rings is 2. The molecule has 0 bridgehead atoms. The molecule has 1 unspecified atom stereocenters. The molecule has 2 aliphatic heterocycles. The summed E-state index contributed by atoms with van der Waals surface area (Å²) in [5, 5.41) is 8.99. The molecule has 4 heterocycles. The normalized spacial score (nSPS) is 16.2. The van der Waals surface area contributed by atoms with E-state index in [9.17, 15) is 4.39 Å². The number of ether oxygens (including phenoxy) is 1. The van der Waals surface area contributed by atoms with Crippen LogP contribution in [-0.4, -0.2) is 43.7 Å². The van der Waals surface area contributed by atoms with E-state index in [2.05, 4.69) is 25.8 Å². The van der Waals surface area contributed by atoms with Crippen LogP contribution in [0.25, 0.3) is 11.4 Å². The number of aromatic nitrogens is 5. The second-order valence-electron chi connectivity index (χ2n) is 8.20. The minimum absolute atomic E-state index is 0.240. The Bertz CT molecular complexity index is 1410. The van der Waals surface area contributed by atoms with E-state index < -0.39 is 0 Å². The number of amidine groups is 1. The molecule has 10 heteroatoms. The van der Waals surface area contributed by atoms with E-state index in [1.165, 1.54) is 12.1 Å². The Hall–Kier alpha value is -4.05. The molecule has 6 rings (SSSR count). The van der Waals surface area contributed by atoms with E-state index in [1.807, 2.05) is 34.4 Å². The Labute approximate surface area is 194 Å². The van der Waals surface area contributed by atoms with E-state index >= 15 is 0 Å². The molecule has 0 saturated carbocycles. The lowest BCUT2D eigenvalue weighted by atomic mass is 10.1. The molecule has 0 saturated heterocycles. The Kier molecular flexibility index (Phi) is 4.88. The molecule has 1 N–H and O–H groups in total. The highest BCUT2D eigenvalue weighted by Gasteiger charge is 2.30. The lowest BCUT2D eigenvalue weighted by Gasteiger charge is -2.11. The molecule has 172 valence electrons. The summed E-state index contributed by atoms with van der Waals surface area (Å²) < 4.78 is 22.8. The van der Waals surface area contributed by atoms with Crippen molar-refractivity contribution in [3.8, 4) is 17.1 Å². The maximum absolute atomic E-state index is 13.4. The Balaban J connectivity index is 1.51. The fraction of sp³-hybridized carbons (Fsp3) is 0.250. The van der Waals surface area contributed by atoms with Crippen molar-refractivity contribution < 1.29 is 14.0 Å². The third kappa shape index (κ3) is 3.34. The average molecular weight is 459 g/mol. The maximum Gasteiger partial charge on any atom is 0.177 e. The lowest BCUT2D eigenvalue weighted by molar-refractivity contribution is 0.0364. The van der Waals surface area contributed by atoms with Crippen LogP contribution in [0.3, 0.4) is 0 Å². The van der Waals surface area contributed by atoms with E-state index in [-0.39, 0.29) is 12.0 Å². The number of hydrogen-bond donors (Lipinski definition) is 1. The monoisotopic (exact) mass is 459 g/mol. The molecule has 2 aliphatic rings. The summed E-state index contributed by atoms with van der Waals surface area (Å²) in [5.41, 5.74) is 9.02. The van der Waals surface area contributed by atoms with Crippen molar-refractivity contribution in [2.24, 2.45) is 4.99 Å². The molecule has 0 radical (unpaired) electrons. The van der Waals surface area contributed by atoms with E-state index in [0.717, 1.165) is 46.1 Å². The molecule has 1 atom stereocenters. The molecule has 4 aromatic rings. The quantitative estimate of drug-likeness (QED) is 0.434. The first-order chi connectivity index (χ1) is 16.6. The van der Waals surface area contributed by atoms with Gasteiger partial charge in [0.25, 0.3) is 0 Å². The van der Waals surface area contributed by atoms with Crippen molar-refractivity contribution in [1.82, 2.24) is 30.0 Å². The first kappa shape index (κ1) is 20.5. The van der Waals surface area contributed by atoms with E-state index in [1.54, 1.807) is 25.6 Å². The van der Waals surface area contributed by atoms with Gasteiger partial charge in [0.05, 0.1) is 35.6 Å². The van der Waals surface area contributed by atoms with Gasteiger partial charge >= 0.3 is 0 Å². The Morgan fingerprint density at radius 2 is 2.00 bits per heavy atom. The highest BCUT2D eigenvalue weighted by molar-refractivity contribution is 5.98. The van der Waals surface area contributed by atoms with Gasteiger partial charge in [-0.15, -0.1) is 5.10 Å². The van der Waals surface area contributed by atoms with Gasteiger partial charge in [-0.25, -0.2) is 29.4 Å². The maximum atomic E-state index is 13.4. The van der Waals surface area contributed by atoms with Crippen LogP contribution in [-0.2, 0) is 17.7 Å². The SMILES string of the molecule is CCC1N=C(c2ncn3c2Cc2c(Cc4ccc(F)cc4)nnn2-c2cc(OC)ccc2-3)NO1. The number of hydrogen-bond acceptors (Lipinski definition) is 7. The van der Waals surface area contributed by atoms with Crippen LogP contribution >= 0.6 is 0 Å². The summed E-state index contributed by atoms with van der Waals surface area (Å²) >= 11 is 0. The number of imidazole rings is 1. The van der Waals surface area contributed by atoms with Gasteiger partial charge < -0.3 is 4.74 Å². The predicted octanol–water partition coefficient (Wildman–Crippen LogP) is 3.11. The highest BCUT2D eigenvalue weighted by atomic mass is 19.1. The summed E-state index contributed by atoms with van der Waals surface area (Å²) in [5.74, 6) is 1.05. The van der Waals surface area contributed by atoms with Crippen molar-refractivity contribution in [3.05, 3.63) is 82.9 Å². The molecule has 0 fully saturated rings. The number of fused-ring (bicyclic) bond motifs is 5. The van der Waals surface area contributed by atoms with Crippen molar-refractivity contribution >= 4 is 5.84 Å². The molecule has 0 amide bonds. The highest BCUT2D eigenvalue weighted by Crippen LogP contribution is 2.33. The smallest absolute Gasteiger partial charge is 0.177 e. The fourth-order valence-corrected chi connectivity index (χ4v) is 4.35. The second-order valence-corrected chi connectivity index (χ2v) is 8.20. The zero-order chi connectivity index (χ0) is 23.2. The van der Waals surface area contributed by atoms with Crippen LogP contribution in [0.2, 0.25) is 0 Å². The zero-order valence-electron chi connectivity index (χ0n) is 18.7. The predicted molar refractivity (Wildman–Crippen MR) is 122 cm³/mol.